The maximum absolute atomic E-state index is 12.4. The van der Waals surface area contributed by atoms with Gasteiger partial charge in [-0.2, -0.15) is 5.26 Å². The molecule has 1 atom stereocenters. The molecule has 8 nitrogen and oxygen atoms in total. The number of hydrogen-bond acceptors (Lipinski definition) is 5. The molecule has 1 aliphatic heterocycles. The molecule has 0 aliphatic carbocycles. The summed E-state index contributed by atoms with van der Waals surface area (Å²) in [4.78, 5) is 30.1. The molecule has 0 bridgehead atoms. The summed E-state index contributed by atoms with van der Waals surface area (Å²) in [7, 11) is 1.66. The summed E-state index contributed by atoms with van der Waals surface area (Å²) in [5.41, 5.74) is 0.528. The minimum Gasteiger partial charge on any atom is -0.296 e. The van der Waals surface area contributed by atoms with E-state index >= 15 is 0 Å². The smallest absolute Gasteiger partial charge is 0.251 e. The van der Waals surface area contributed by atoms with Gasteiger partial charge in [0.15, 0.2) is 5.82 Å². The van der Waals surface area contributed by atoms with E-state index in [9.17, 15) is 9.59 Å². The van der Waals surface area contributed by atoms with Gasteiger partial charge in [-0.15, -0.1) is 5.10 Å². The number of hydrogen-bond donors (Lipinski definition) is 0. The van der Waals surface area contributed by atoms with Gasteiger partial charge >= 0.3 is 0 Å². The minimum atomic E-state index is -0.636. The van der Waals surface area contributed by atoms with E-state index in [1.165, 1.54) is 15.5 Å². The van der Waals surface area contributed by atoms with Crippen LogP contribution in [0.3, 0.4) is 0 Å². The van der Waals surface area contributed by atoms with E-state index in [0.717, 1.165) is 5.39 Å². The van der Waals surface area contributed by atoms with Gasteiger partial charge < -0.3 is 0 Å². The Hall–Kier alpha value is -3.47. The lowest BCUT2D eigenvalue weighted by molar-refractivity contribution is -0.119. The zero-order valence-electron chi connectivity index (χ0n) is 13.5. The number of carbonyl (C=O) groups excluding carboxylic acids is 1. The molecule has 1 amide bonds. The fourth-order valence-electron chi connectivity index (χ4n) is 3.10. The van der Waals surface area contributed by atoms with Gasteiger partial charge in [0.1, 0.15) is 11.7 Å². The second-order valence-corrected chi connectivity index (χ2v) is 5.87. The molecule has 3 aromatic rings. The molecule has 8 heteroatoms. The summed E-state index contributed by atoms with van der Waals surface area (Å²) in [6, 6.07) is 8.71. The zero-order valence-corrected chi connectivity index (χ0v) is 13.5. The number of pyridine rings is 2. The summed E-state index contributed by atoms with van der Waals surface area (Å²) < 4.78 is 3.08. The van der Waals surface area contributed by atoms with Gasteiger partial charge in [0.25, 0.3) is 5.56 Å². The molecule has 1 fully saturated rings. The summed E-state index contributed by atoms with van der Waals surface area (Å²) >= 11 is 0. The van der Waals surface area contributed by atoms with Crippen molar-refractivity contribution in [2.24, 2.45) is 13.0 Å². The summed E-state index contributed by atoms with van der Waals surface area (Å²) in [6.45, 7) is 0.444. The van der Waals surface area contributed by atoms with Crippen LogP contribution in [0.1, 0.15) is 6.42 Å². The maximum atomic E-state index is 12.4. The fraction of sp³-hybridized carbons (Fsp3) is 0.235. The monoisotopic (exact) mass is 334 g/mol. The molecule has 124 valence electrons. The number of aromatic nitrogens is 4. The van der Waals surface area contributed by atoms with Crippen molar-refractivity contribution < 1.29 is 4.79 Å². The molecule has 25 heavy (non-hydrogen) atoms. The van der Waals surface area contributed by atoms with Gasteiger partial charge in [-0.05, 0) is 18.6 Å². The second kappa shape index (κ2) is 5.56. The molecule has 0 radical (unpaired) electrons. The molecule has 0 N–H and O–H groups in total. The van der Waals surface area contributed by atoms with Crippen LogP contribution >= 0.6 is 0 Å². The third-order valence-electron chi connectivity index (χ3n) is 4.46. The van der Waals surface area contributed by atoms with Gasteiger partial charge in [-0.1, -0.05) is 6.07 Å². The number of fused-ring (bicyclic) bond motifs is 1. The maximum Gasteiger partial charge on any atom is 0.251 e. The lowest BCUT2D eigenvalue weighted by atomic mass is 10.1. The number of carbonyl (C=O) groups is 1. The van der Waals surface area contributed by atoms with Crippen molar-refractivity contribution in [3.05, 3.63) is 47.0 Å². The SMILES string of the molecule is Cn1c(-n2nc(N3CCC(C#N)C3=O)c3ccncc32)cccc1=O. The van der Waals surface area contributed by atoms with Crippen molar-refractivity contribution >= 4 is 22.6 Å². The van der Waals surface area contributed by atoms with Crippen LogP contribution in [0, 0.1) is 17.2 Å². The van der Waals surface area contributed by atoms with Gasteiger partial charge in [-0.25, -0.2) is 4.68 Å². The summed E-state index contributed by atoms with van der Waals surface area (Å²) in [5, 5.41) is 14.4. The lowest BCUT2D eigenvalue weighted by Crippen LogP contribution is -2.27. The van der Waals surface area contributed by atoms with Crippen molar-refractivity contribution in [2.45, 2.75) is 6.42 Å². The molecule has 1 aliphatic rings. The van der Waals surface area contributed by atoms with Crippen molar-refractivity contribution in [3.8, 4) is 11.9 Å². The van der Waals surface area contributed by atoms with Gasteiger partial charge in [0.2, 0.25) is 5.91 Å². The Kier molecular flexibility index (Phi) is 3.35. The predicted octanol–water partition coefficient (Wildman–Crippen LogP) is 0.996. The molecule has 3 aromatic heterocycles. The third-order valence-corrected chi connectivity index (χ3v) is 4.46. The van der Waals surface area contributed by atoms with E-state index in [2.05, 4.69) is 10.1 Å². The van der Waals surface area contributed by atoms with Crippen LogP contribution in [0.15, 0.2) is 41.5 Å². The first kappa shape index (κ1) is 15.1. The Bertz CT molecular complexity index is 1090. The topological polar surface area (TPSA) is 96.8 Å². The van der Waals surface area contributed by atoms with E-state index in [1.54, 1.807) is 42.3 Å². The lowest BCUT2D eigenvalue weighted by Gasteiger charge is -2.12. The average Bonchev–Trinajstić information content (AvgIpc) is 3.18. The molecule has 0 spiro atoms. The number of nitrogens with zero attached hydrogens (tertiary/aromatic N) is 6. The van der Waals surface area contributed by atoms with Gasteiger partial charge in [0.05, 0.1) is 17.8 Å². The normalized spacial score (nSPS) is 17.2. The number of amides is 1. The molecule has 0 saturated carbocycles. The van der Waals surface area contributed by atoms with E-state index in [0.29, 0.717) is 30.1 Å². The Morgan fingerprint density at radius 2 is 2.12 bits per heavy atom. The Morgan fingerprint density at radius 1 is 1.28 bits per heavy atom. The highest BCUT2D eigenvalue weighted by Gasteiger charge is 2.35. The van der Waals surface area contributed by atoms with E-state index in [-0.39, 0.29) is 11.5 Å². The number of nitriles is 1. The summed E-state index contributed by atoms with van der Waals surface area (Å²) in [5.74, 6) is 0.174. The first-order valence-electron chi connectivity index (χ1n) is 7.82. The molecule has 4 heterocycles. The fourth-order valence-corrected chi connectivity index (χ4v) is 3.10. The highest BCUT2D eigenvalue weighted by atomic mass is 16.2. The highest BCUT2D eigenvalue weighted by molar-refractivity contribution is 6.04. The van der Waals surface area contributed by atoms with Crippen LogP contribution in [0.25, 0.3) is 16.7 Å². The molecule has 1 saturated heterocycles. The van der Waals surface area contributed by atoms with Crippen LogP contribution in [0.2, 0.25) is 0 Å². The largest absolute Gasteiger partial charge is 0.296 e. The summed E-state index contributed by atoms with van der Waals surface area (Å²) in [6.07, 6.45) is 3.76. The van der Waals surface area contributed by atoms with E-state index in [4.69, 9.17) is 5.26 Å². The molecular weight excluding hydrogens is 320 g/mol. The van der Waals surface area contributed by atoms with E-state index < -0.39 is 5.92 Å². The van der Waals surface area contributed by atoms with Crippen molar-refractivity contribution in [2.75, 3.05) is 11.4 Å². The van der Waals surface area contributed by atoms with E-state index in [1.807, 2.05) is 6.07 Å². The Morgan fingerprint density at radius 3 is 2.88 bits per heavy atom. The quantitative estimate of drug-likeness (QED) is 0.696. The average molecular weight is 334 g/mol. The molecule has 4 rings (SSSR count). The van der Waals surface area contributed by atoms with Crippen molar-refractivity contribution in [1.29, 1.82) is 5.26 Å². The highest BCUT2D eigenvalue weighted by Crippen LogP contribution is 2.31. The van der Waals surface area contributed by atoms with Gasteiger partial charge in [-0.3, -0.25) is 24.0 Å². The second-order valence-electron chi connectivity index (χ2n) is 5.87. The Labute approximate surface area is 142 Å². The first-order chi connectivity index (χ1) is 12.1. The molecule has 1 unspecified atom stereocenters. The van der Waals surface area contributed by atoms with Crippen molar-refractivity contribution in [3.63, 3.8) is 0 Å². The van der Waals surface area contributed by atoms with Crippen LogP contribution in [0.5, 0.6) is 0 Å². The van der Waals surface area contributed by atoms with Crippen LogP contribution in [0.4, 0.5) is 5.82 Å². The van der Waals surface area contributed by atoms with Crippen LogP contribution in [-0.4, -0.2) is 31.8 Å². The van der Waals surface area contributed by atoms with Crippen LogP contribution < -0.4 is 10.5 Å². The minimum absolute atomic E-state index is 0.159. The number of anilines is 1. The van der Waals surface area contributed by atoms with Crippen molar-refractivity contribution in [1.82, 2.24) is 19.3 Å². The predicted molar refractivity (Wildman–Crippen MR) is 90.2 cm³/mol. The zero-order chi connectivity index (χ0) is 17.6. The number of rotatable bonds is 2. The molecular formula is C17H14N6O2. The molecule has 0 aromatic carbocycles. The standard InChI is InChI=1S/C17H14N6O2/c1-21-14(3-2-4-15(21)24)23-13-10-19-7-5-12(13)16(20-23)22-8-6-11(9-18)17(22)25/h2-5,7,10-11H,6,8H2,1H3. The Balaban J connectivity index is 1.94. The van der Waals surface area contributed by atoms with Gasteiger partial charge in [0, 0.05) is 31.2 Å². The van der Waals surface area contributed by atoms with Crippen LogP contribution in [-0.2, 0) is 11.8 Å². The first-order valence-corrected chi connectivity index (χ1v) is 7.82. The third kappa shape index (κ3) is 2.21.